The molecule has 4 rings (SSSR count). The van der Waals surface area contributed by atoms with Gasteiger partial charge in [-0.3, -0.25) is 0 Å². The van der Waals surface area contributed by atoms with E-state index in [1.807, 2.05) is 79.8 Å². The van der Waals surface area contributed by atoms with E-state index in [1.165, 1.54) is 12.4 Å². The van der Waals surface area contributed by atoms with Gasteiger partial charge in [0.05, 0.1) is 0 Å². The number of nitrogens with one attached hydrogen (secondary N) is 3. The van der Waals surface area contributed by atoms with Crippen LogP contribution in [0.5, 0.6) is 0 Å². The van der Waals surface area contributed by atoms with Gasteiger partial charge in [0, 0.05) is 35.1 Å². The van der Waals surface area contributed by atoms with Gasteiger partial charge in [-0.2, -0.15) is 0 Å². The lowest BCUT2D eigenvalue weighted by Gasteiger charge is -2.15. The second-order valence-corrected chi connectivity index (χ2v) is 11.3. The SMILES string of the molecule is C=C/C=C(C=N)/C(C)=C/C=C(\N)c1ccc(C)c(/C=C\C(=C)c2ccc(-c3cccc(C(=C)/C=C\C=N)c3)cc2Nc2ccccc2)c1. The minimum absolute atomic E-state index is 0.633. The van der Waals surface area contributed by atoms with E-state index in [0.717, 1.165) is 72.6 Å². The zero-order chi connectivity index (χ0) is 34.5. The smallest absolute Gasteiger partial charge is 0.0469 e. The predicted molar refractivity (Wildman–Crippen MR) is 211 cm³/mol. The largest absolute Gasteiger partial charge is 0.398 e. The molecule has 0 radical (unpaired) electrons. The number of allylic oxidation sites excluding steroid dienone is 11. The molecule has 4 heteroatoms. The average Bonchev–Trinajstić information content (AvgIpc) is 3.11. The minimum Gasteiger partial charge on any atom is -0.398 e. The van der Waals surface area contributed by atoms with Crippen LogP contribution in [0.3, 0.4) is 0 Å². The van der Waals surface area contributed by atoms with Crippen LogP contribution < -0.4 is 11.1 Å². The van der Waals surface area contributed by atoms with E-state index >= 15 is 0 Å². The van der Waals surface area contributed by atoms with Gasteiger partial charge >= 0.3 is 0 Å². The van der Waals surface area contributed by atoms with Crippen LogP contribution >= 0.6 is 0 Å². The van der Waals surface area contributed by atoms with Crippen molar-refractivity contribution in [1.82, 2.24) is 0 Å². The quantitative estimate of drug-likeness (QED) is 0.0829. The average molecular weight is 627 g/mol. The van der Waals surface area contributed by atoms with Crippen molar-refractivity contribution >= 4 is 46.7 Å². The summed E-state index contributed by atoms with van der Waals surface area (Å²) in [6.07, 6.45) is 17.4. The first-order chi connectivity index (χ1) is 23.2. The van der Waals surface area contributed by atoms with Crippen LogP contribution in [0.25, 0.3) is 34.0 Å². The van der Waals surface area contributed by atoms with Gasteiger partial charge in [-0.15, -0.1) is 0 Å². The van der Waals surface area contributed by atoms with Crippen LogP contribution in [0.1, 0.15) is 34.7 Å². The fourth-order valence-corrected chi connectivity index (χ4v) is 5.05. The molecule has 0 saturated carbocycles. The van der Waals surface area contributed by atoms with Crippen LogP contribution in [0.4, 0.5) is 11.4 Å². The third kappa shape index (κ3) is 9.15. The van der Waals surface area contributed by atoms with Crippen LogP contribution in [-0.2, 0) is 0 Å². The molecule has 0 aliphatic rings. The first-order valence-electron chi connectivity index (χ1n) is 15.6. The van der Waals surface area contributed by atoms with E-state index in [2.05, 4.69) is 80.5 Å². The van der Waals surface area contributed by atoms with Crippen LogP contribution in [-0.4, -0.2) is 12.4 Å². The molecule has 0 aliphatic heterocycles. The highest BCUT2D eigenvalue weighted by Gasteiger charge is 2.10. The maximum atomic E-state index is 7.63. The molecule has 4 aromatic carbocycles. The summed E-state index contributed by atoms with van der Waals surface area (Å²) in [5.41, 5.74) is 19.6. The van der Waals surface area contributed by atoms with Crippen LogP contribution in [0.2, 0.25) is 0 Å². The van der Waals surface area contributed by atoms with E-state index in [-0.39, 0.29) is 0 Å². The fraction of sp³-hybridized carbons (Fsp3) is 0.0455. The summed E-state index contributed by atoms with van der Waals surface area (Å²) in [7, 11) is 0. The van der Waals surface area contributed by atoms with Gasteiger partial charge in [0.15, 0.2) is 0 Å². The van der Waals surface area contributed by atoms with Crippen molar-refractivity contribution in [2.24, 2.45) is 5.73 Å². The van der Waals surface area contributed by atoms with Gasteiger partial charge in [-0.1, -0.05) is 117 Å². The van der Waals surface area contributed by atoms with E-state index in [9.17, 15) is 0 Å². The molecule has 0 fully saturated rings. The Labute approximate surface area is 285 Å². The highest BCUT2D eigenvalue weighted by molar-refractivity contribution is 5.89. The summed E-state index contributed by atoms with van der Waals surface area (Å²) >= 11 is 0. The lowest BCUT2D eigenvalue weighted by Crippen LogP contribution is -1.97. The van der Waals surface area contributed by atoms with E-state index in [1.54, 1.807) is 18.2 Å². The lowest BCUT2D eigenvalue weighted by atomic mass is 9.95. The molecule has 0 aliphatic carbocycles. The van der Waals surface area contributed by atoms with Crippen molar-refractivity contribution in [2.75, 3.05) is 5.32 Å². The van der Waals surface area contributed by atoms with Crippen molar-refractivity contribution < 1.29 is 0 Å². The molecule has 5 N–H and O–H groups in total. The molecule has 0 amide bonds. The Morgan fingerprint density at radius 3 is 2.27 bits per heavy atom. The van der Waals surface area contributed by atoms with Crippen molar-refractivity contribution in [2.45, 2.75) is 13.8 Å². The van der Waals surface area contributed by atoms with Gasteiger partial charge < -0.3 is 21.9 Å². The third-order valence-corrected chi connectivity index (χ3v) is 7.88. The fourth-order valence-electron chi connectivity index (χ4n) is 5.05. The Morgan fingerprint density at radius 1 is 0.771 bits per heavy atom. The predicted octanol–water partition coefficient (Wildman–Crippen LogP) is 11.4. The Balaban J connectivity index is 1.66. The molecular weight excluding hydrogens is 585 g/mol. The molecule has 4 aromatic rings. The highest BCUT2D eigenvalue weighted by atomic mass is 14.9. The number of hydrogen-bond donors (Lipinski definition) is 4. The molecule has 0 atom stereocenters. The minimum atomic E-state index is 0.633. The first-order valence-corrected chi connectivity index (χ1v) is 15.6. The Hall–Kier alpha value is -6.26. The Kier molecular flexibility index (Phi) is 12.2. The van der Waals surface area contributed by atoms with Crippen molar-refractivity contribution in [3.8, 4) is 11.1 Å². The molecule has 238 valence electrons. The maximum Gasteiger partial charge on any atom is 0.0469 e. The number of benzene rings is 4. The zero-order valence-electron chi connectivity index (χ0n) is 27.6. The molecule has 0 saturated heterocycles. The second kappa shape index (κ2) is 16.9. The van der Waals surface area contributed by atoms with E-state index in [4.69, 9.17) is 16.6 Å². The molecule has 4 nitrogen and oxygen atoms in total. The number of para-hydroxylation sites is 1. The monoisotopic (exact) mass is 626 g/mol. The maximum absolute atomic E-state index is 7.63. The summed E-state index contributed by atoms with van der Waals surface area (Å²) in [6.45, 7) is 16.4. The molecule has 0 unspecified atom stereocenters. The molecular formula is C44H42N4. The van der Waals surface area contributed by atoms with E-state index < -0.39 is 0 Å². The van der Waals surface area contributed by atoms with Gasteiger partial charge in [0.2, 0.25) is 0 Å². The molecule has 48 heavy (non-hydrogen) atoms. The first kappa shape index (κ1) is 34.6. The molecule has 0 bridgehead atoms. The van der Waals surface area contributed by atoms with Crippen molar-refractivity contribution in [3.05, 3.63) is 192 Å². The molecule has 0 spiro atoms. The number of anilines is 2. The topological polar surface area (TPSA) is 85.8 Å². The molecule has 0 aromatic heterocycles. The zero-order valence-corrected chi connectivity index (χ0v) is 27.6. The summed E-state index contributed by atoms with van der Waals surface area (Å²) < 4.78 is 0. The molecule has 0 heterocycles. The van der Waals surface area contributed by atoms with Gasteiger partial charge in [0.25, 0.3) is 0 Å². The van der Waals surface area contributed by atoms with Crippen molar-refractivity contribution in [1.29, 1.82) is 10.8 Å². The van der Waals surface area contributed by atoms with Crippen molar-refractivity contribution in [3.63, 3.8) is 0 Å². The highest BCUT2D eigenvalue weighted by Crippen LogP contribution is 2.33. The summed E-state index contributed by atoms with van der Waals surface area (Å²) in [4.78, 5) is 0. The van der Waals surface area contributed by atoms with Crippen LogP contribution in [0.15, 0.2) is 164 Å². The summed E-state index contributed by atoms with van der Waals surface area (Å²) in [5.74, 6) is 0. The van der Waals surface area contributed by atoms with Crippen LogP contribution in [0, 0.1) is 17.7 Å². The van der Waals surface area contributed by atoms with Gasteiger partial charge in [0.1, 0.15) is 0 Å². The number of aryl methyl sites for hydroxylation is 1. The summed E-state index contributed by atoms with van der Waals surface area (Å²) in [6, 6.07) is 30.9. The number of rotatable bonds is 14. The lowest BCUT2D eigenvalue weighted by molar-refractivity contribution is 1.40. The normalized spacial score (nSPS) is 12.2. The van der Waals surface area contributed by atoms with E-state index in [0.29, 0.717) is 5.70 Å². The third-order valence-electron chi connectivity index (χ3n) is 7.88. The Morgan fingerprint density at radius 2 is 1.54 bits per heavy atom. The standard InChI is InChI=1S/C44H42N4/c1-6-12-40(30-46)33(4)20-25-43(47)39-22-18-32(3)36(28-39)21-19-34(5)42-24-23-38(29-44(42)48-41-16-8-7-9-17-41)37-15-10-14-35(27-37)31(2)13-11-26-45/h6-30,45-46,48H,1-2,5,47H2,3-4H3/b13-11-,21-19-,33-20+,40-12+,43-25-,45-26?,46-30?. The van der Waals surface area contributed by atoms with Gasteiger partial charge in [-0.05, 0) is 112 Å². The summed E-state index contributed by atoms with van der Waals surface area (Å²) in [5, 5.41) is 18.5. The number of hydrogen-bond acceptors (Lipinski definition) is 4. The number of nitrogens with two attached hydrogens (primary N) is 1. The Bertz CT molecular complexity index is 2000. The van der Waals surface area contributed by atoms with Gasteiger partial charge in [-0.25, -0.2) is 0 Å². The second-order valence-electron chi connectivity index (χ2n) is 11.3.